The molecule has 30 heavy (non-hydrogen) atoms. The van der Waals surface area contributed by atoms with Crippen molar-refractivity contribution in [3.63, 3.8) is 0 Å². The van der Waals surface area contributed by atoms with E-state index in [4.69, 9.17) is 9.15 Å². The van der Waals surface area contributed by atoms with E-state index in [0.29, 0.717) is 16.2 Å². The number of benzene rings is 3. The van der Waals surface area contributed by atoms with Crippen molar-refractivity contribution in [3.05, 3.63) is 90.0 Å². The van der Waals surface area contributed by atoms with E-state index in [-0.39, 0.29) is 10.4 Å². The normalized spacial score (nSPS) is 12.3. The Balaban J connectivity index is 1.95. The molecule has 4 aromatic rings. The molecule has 4 rings (SSSR count). The SMILES string of the molecule is COc1c(Sc2ccccc2)o/c(=N\S(=O)(=O)c2ccc(C)cc2)c2ccccc12. The van der Waals surface area contributed by atoms with Gasteiger partial charge < -0.3 is 9.15 Å². The maximum Gasteiger partial charge on any atom is 0.285 e. The lowest BCUT2D eigenvalue weighted by atomic mass is 10.2. The molecular formula is C23H19NO4S2. The number of nitrogens with zero attached hydrogens (tertiary/aromatic N) is 1. The minimum atomic E-state index is -3.95. The Kier molecular flexibility index (Phi) is 5.65. The first-order valence-corrected chi connectivity index (χ1v) is 11.4. The van der Waals surface area contributed by atoms with E-state index in [1.165, 1.54) is 11.8 Å². The van der Waals surface area contributed by atoms with Gasteiger partial charge in [0.15, 0.2) is 5.75 Å². The van der Waals surface area contributed by atoms with Crippen LogP contribution in [-0.4, -0.2) is 15.5 Å². The summed E-state index contributed by atoms with van der Waals surface area (Å²) in [6, 6.07) is 23.5. The predicted molar refractivity (Wildman–Crippen MR) is 117 cm³/mol. The Labute approximate surface area is 179 Å². The summed E-state index contributed by atoms with van der Waals surface area (Å²) in [6.07, 6.45) is 0. The van der Waals surface area contributed by atoms with Crippen LogP contribution < -0.4 is 10.3 Å². The van der Waals surface area contributed by atoms with Crippen molar-refractivity contribution < 1.29 is 17.6 Å². The van der Waals surface area contributed by atoms with Gasteiger partial charge in [-0.2, -0.15) is 8.42 Å². The summed E-state index contributed by atoms with van der Waals surface area (Å²) in [6.45, 7) is 1.90. The van der Waals surface area contributed by atoms with Gasteiger partial charge >= 0.3 is 0 Å². The van der Waals surface area contributed by atoms with Crippen LogP contribution in [0, 0.1) is 6.92 Å². The van der Waals surface area contributed by atoms with Crippen molar-refractivity contribution in [2.24, 2.45) is 4.40 Å². The lowest BCUT2D eigenvalue weighted by Crippen LogP contribution is -2.10. The molecular weight excluding hydrogens is 418 g/mol. The largest absolute Gasteiger partial charge is 0.492 e. The second-order valence-electron chi connectivity index (χ2n) is 6.57. The molecule has 152 valence electrons. The molecule has 1 heterocycles. The van der Waals surface area contributed by atoms with Crippen LogP contribution in [0.25, 0.3) is 10.8 Å². The number of ether oxygens (including phenoxy) is 1. The van der Waals surface area contributed by atoms with Crippen molar-refractivity contribution in [2.75, 3.05) is 7.11 Å². The molecule has 0 saturated carbocycles. The van der Waals surface area contributed by atoms with Gasteiger partial charge in [-0.05, 0) is 49.0 Å². The van der Waals surface area contributed by atoms with Crippen molar-refractivity contribution >= 4 is 32.6 Å². The lowest BCUT2D eigenvalue weighted by Gasteiger charge is -2.11. The Bertz CT molecular complexity index is 1360. The molecule has 0 amide bonds. The molecule has 0 aliphatic carbocycles. The fourth-order valence-corrected chi connectivity index (χ4v) is 4.82. The number of fused-ring (bicyclic) bond motifs is 1. The highest BCUT2D eigenvalue weighted by Gasteiger charge is 2.18. The van der Waals surface area contributed by atoms with E-state index in [1.807, 2.05) is 49.4 Å². The number of hydrogen-bond acceptors (Lipinski definition) is 5. The number of rotatable bonds is 5. The van der Waals surface area contributed by atoms with Gasteiger partial charge in [0.2, 0.25) is 10.6 Å². The summed E-state index contributed by atoms with van der Waals surface area (Å²) in [4.78, 5) is 1.04. The first-order valence-electron chi connectivity index (χ1n) is 9.18. The molecule has 5 nitrogen and oxygen atoms in total. The zero-order valence-corrected chi connectivity index (χ0v) is 18.0. The monoisotopic (exact) mass is 437 g/mol. The van der Waals surface area contributed by atoms with Gasteiger partial charge in [0.25, 0.3) is 10.0 Å². The molecule has 0 spiro atoms. The second-order valence-corrected chi connectivity index (χ2v) is 9.22. The third-order valence-corrected chi connectivity index (χ3v) is 6.69. The van der Waals surface area contributed by atoms with Crippen LogP contribution in [-0.2, 0) is 10.0 Å². The maximum absolute atomic E-state index is 12.9. The van der Waals surface area contributed by atoms with Gasteiger partial charge in [-0.15, -0.1) is 4.40 Å². The predicted octanol–water partition coefficient (Wildman–Crippen LogP) is 5.19. The van der Waals surface area contributed by atoms with Gasteiger partial charge in [0.1, 0.15) is 0 Å². The zero-order valence-electron chi connectivity index (χ0n) is 16.4. The van der Waals surface area contributed by atoms with E-state index in [0.717, 1.165) is 15.8 Å². The average Bonchev–Trinajstić information content (AvgIpc) is 2.75. The molecule has 0 atom stereocenters. The highest BCUT2D eigenvalue weighted by Crippen LogP contribution is 2.38. The number of sulfonamides is 1. The summed E-state index contributed by atoms with van der Waals surface area (Å²) in [5.41, 5.74) is 0.987. The first kappa shape index (κ1) is 20.3. The summed E-state index contributed by atoms with van der Waals surface area (Å²) in [7, 11) is -2.39. The molecule has 0 N–H and O–H groups in total. The topological polar surface area (TPSA) is 68.9 Å². The van der Waals surface area contributed by atoms with Gasteiger partial charge in [0, 0.05) is 15.7 Å². The minimum absolute atomic E-state index is 0.0189. The summed E-state index contributed by atoms with van der Waals surface area (Å²) < 4.78 is 41.5. The average molecular weight is 438 g/mol. The van der Waals surface area contributed by atoms with Crippen molar-refractivity contribution in [2.45, 2.75) is 21.8 Å². The van der Waals surface area contributed by atoms with Gasteiger partial charge in [-0.25, -0.2) is 0 Å². The van der Waals surface area contributed by atoms with Crippen LogP contribution in [0.4, 0.5) is 0 Å². The van der Waals surface area contributed by atoms with E-state index in [1.54, 1.807) is 43.5 Å². The molecule has 1 aromatic heterocycles. The molecule has 7 heteroatoms. The fourth-order valence-electron chi connectivity index (χ4n) is 2.96. The van der Waals surface area contributed by atoms with Crippen molar-refractivity contribution in [1.82, 2.24) is 0 Å². The molecule has 0 aliphatic heterocycles. The number of hydrogen-bond donors (Lipinski definition) is 0. The third kappa shape index (κ3) is 4.13. The number of methoxy groups -OCH3 is 1. The fraction of sp³-hybridized carbons (Fsp3) is 0.0870. The highest BCUT2D eigenvalue weighted by atomic mass is 32.2. The molecule has 0 radical (unpaired) electrons. The molecule has 0 saturated heterocycles. The molecule has 3 aromatic carbocycles. The Morgan fingerprint density at radius 2 is 1.50 bits per heavy atom. The quantitative estimate of drug-likeness (QED) is 0.430. The molecule has 0 unspecified atom stereocenters. The van der Waals surface area contributed by atoms with Crippen LogP contribution in [0.3, 0.4) is 0 Å². The Morgan fingerprint density at radius 1 is 0.867 bits per heavy atom. The lowest BCUT2D eigenvalue weighted by molar-refractivity contribution is 0.341. The van der Waals surface area contributed by atoms with E-state index < -0.39 is 10.0 Å². The maximum atomic E-state index is 12.9. The van der Waals surface area contributed by atoms with E-state index in [9.17, 15) is 8.42 Å². The molecule has 0 fully saturated rings. The second kappa shape index (κ2) is 8.38. The summed E-state index contributed by atoms with van der Waals surface area (Å²) in [5, 5.41) is 1.71. The van der Waals surface area contributed by atoms with E-state index >= 15 is 0 Å². The van der Waals surface area contributed by atoms with Crippen molar-refractivity contribution in [1.29, 1.82) is 0 Å². The van der Waals surface area contributed by atoms with Crippen LogP contribution in [0.1, 0.15) is 5.56 Å². The van der Waals surface area contributed by atoms with Crippen LogP contribution in [0.2, 0.25) is 0 Å². The third-order valence-electron chi connectivity index (χ3n) is 4.46. The van der Waals surface area contributed by atoms with Crippen LogP contribution >= 0.6 is 11.8 Å². The van der Waals surface area contributed by atoms with Gasteiger partial charge in [-0.3, -0.25) is 0 Å². The van der Waals surface area contributed by atoms with Crippen molar-refractivity contribution in [3.8, 4) is 5.75 Å². The molecule has 0 aliphatic rings. The Morgan fingerprint density at radius 3 is 2.17 bits per heavy atom. The standard InChI is InChI=1S/C23H19NO4S2/c1-16-12-14-18(15-13-16)30(25,26)24-22-20-11-7-6-10-19(20)21(27-2)23(28-22)29-17-8-4-3-5-9-17/h3-15H,1-2H3/b24-22-. The van der Waals surface area contributed by atoms with Crippen LogP contribution in [0.15, 0.2) is 103 Å². The molecule has 0 bridgehead atoms. The summed E-state index contributed by atoms with van der Waals surface area (Å²) in [5.74, 6) is 0.533. The number of aryl methyl sites for hydroxylation is 1. The summed E-state index contributed by atoms with van der Waals surface area (Å²) >= 11 is 1.35. The van der Waals surface area contributed by atoms with Gasteiger partial charge in [0.05, 0.1) is 12.0 Å². The minimum Gasteiger partial charge on any atom is -0.492 e. The van der Waals surface area contributed by atoms with Crippen LogP contribution in [0.5, 0.6) is 5.75 Å². The first-order chi connectivity index (χ1) is 14.5. The Hall–Kier alpha value is -3.03. The van der Waals surface area contributed by atoms with Gasteiger partial charge in [-0.1, -0.05) is 54.1 Å². The van der Waals surface area contributed by atoms with E-state index in [2.05, 4.69) is 4.40 Å². The zero-order chi connectivity index (χ0) is 21.1. The highest BCUT2D eigenvalue weighted by molar-refractivity contribution is 7.99. The smallest absolute Gasteiger partial charge is 0.285 e.